The van der Waals surface area contributed by atoms with E-state index in [0.29, 0.717) is 5.60 Å². The second kappa shape index (κ2) is 1.89. The zero-order valence-corrected chi connectivity index (χ0v) is 8.64. The smallest absolute Gasteiger partial charge is 0.0786 e. The van der Waals surface area contributed by atoms with Gasteiger partial charge in [-0.2, -0.15) is 0 Å². The van der Waals surface area contributed by atoms with Gasteiger partial charge in [0.05, 0.1) is 11.2 Å². The van der Waals surface area contributed by atoms with Gasteiger partial charge in [0.15, 0.2) is 0 Å². The predicted octanol–water partition coefficient (Wildman–Crippen LogP) is 2.38. The van der Waals surface area contributed by atoms with E-state index < -0.39 is 0 Å². The SMILES string of the molecule is CC1(C)OC2(CI)CC1C2. The first-order valence-corrected chi connectivity index (χ1v) is 5.37. The molecule has 3 fully saturated rings. The second-order valence-electron chi connectivity index (χ2n) is 4.13. The van der Waals surface area contributed by atoms with E-state index in [1.165, 1.54) is 17.3 Å². The van der Waals surface area contributed by atoms with Crippen molar-refractivity contribution in [1.29, 1.82) is 0 Å². The molecule has 3 rings (SSSR count). The third-order valence-electron chi connectivity index (χ3n) is 2.94. The minimum atomic E-state index is 0.186. The molecule has 0 N–H and O–H groups in total. The van der Waals surface area contributed by atoms with Gasteiger partial charge in [-0.3, -0.25) is 0 Å². The van der Waals surface area contributed by atoms with Crippen LogP contribution in [0.3, 0.4) is 0 Å². The zero-order valence-electron chi connectivity index (χ0n) is 6.48. The van der Waals surface area contributed by atoms with E-state index in [0.717, 1.165) is 5.92 Å². The van der Waals surface area contributed by atoms with E-state index in [1.807, 2.05) is 0 Å². The summed E-state index contributed by atoms with van der Waals surface area (Å²) in [6.07, 6.45) is 2.62. The van der Waals surface area contributed by atoms with E-state index >= 15 is 0 Å². The Morgan fingerprint density at radius 2 is 2.10 bits per heavy atom. The number of alkyl halides is 1. The van der Waals surface area contributed by atoms with E-state index in [2.05, 4.69) is 36.4 Å². The average molecular weight is 252 g/mol. The molecule has 1 aliphatic carbocycles. The van der Waals surface area contributed by atoms with E-state index in [9.17, 15) is 0 Å². The highest BCUT2D eigenvalue weighted by atomic mass is 127. The summed E-state index contributed by atoms with van der Waals surface area (Å²) < 4.78 is 7.12. The Morgan fingerprint density at radius 3 is 2.30 bits per heavy atom. The molecule has 0 aromatic carbocycles. The molecular formula is C8H13IO. The lowest BCUT2D eigenvalue weighted by atomic mass is 9.70. The Labute approximate surface area is 75.7 Å². The van der Waals surface area contributed by atoms with Crippen molar-refractivity contribution >= 4 is 22.6 Å². The van der Waals surface area contributed by atoms with Crippen LogP contribution in [0.5, 0.6) is 0 Å². The minimum Gasteiger partial charge on any atom is -0.368 e. The lowest BCUT2D eigenvalue weighted by Gasteiger charge is -2.34. The Morgan fingerprint density at radius 1 is 1.50 bits per heavy atom. The maximum absolute atomic E-state index is 5.95. The largest absolute Gasteiger partial charge is 0.368 e. The molecule has 3 aliphatic rings. The third kappa shape index (κ3) is 0.779. The normalized spacial score (nSPS) is 48.9. The van der Waals surface area contributed by atoms with Crippen LogP contribution < -0.4 is 0 Å². The highest BCUT2D eigenvalue weighted by molar-refractivity contribution is 14.1. The van der Waals surface area contributed by atoms with Crippen LogP contribution in [0.2, 0.25) is 0 Å². The van der Waals surface area contributed by atoms with Crippen LogP contribution in [0.25, 0.3) is 0 Å². The first-order chi connectivity index (χ1) is 4.58. The highest BCUT2D eigenvalue weighted by Gasteiger charge is 2.60. The van der Waals surface area contributed by atoms with Crippen molar-refractivity contribution < 1.29 is 4.74 Å². The first-order valence-electron chi connectivity index (χ1n) is 3.84. The molecule has 1 saturated carbocycles. The standard InChI is InChI=1S/C8H13IO/c1-7(2)6-3-8(4-6,5-9)10-7/h6H,3-5H2,1-2H3. The van der Waals surface area contributed by atoms with Gasteiger partial charge < -0.3 is 4.74 Å². The van der Waals surface area contributed by atoms with E-state index in [-0.39, 0.29) is 5.60 Å². The molecule has 0 spiro atoms. The zero-order chi connectivity index (χ0) is 7.41. The van der Waals surface area contributed by atoms with Gasteiger partial charge in [-0.1, -0.05) is 22.6 Å². The van der Waals surface area contributed by atoms with Crippen LogP contribution in [0.4, 0.5) is 0 Å². The molecular weight excluding hydrogens is 239 g/mol. The summed E-state index contributed by atoms with van der Waals surface area (Å²) in [5.41, 5.74) is 0.486. The molecule has 0 radical (unpaired) electrons. The van der Waals surface area contributed by atoms with Crippen molar-refractivity contribution in [2.24, 2.45) is 5.92 Å². The predicted molar refractivity (Wildman–Crippen MR) is 49.5 cm³/mol. The maximum atomic E-state index is 5.95. The fourth-order valence-electron chi connectivity index (χ4n) is 2.19. The van der Waals surface area contributed by atoms with Gasteiger partial charge in [-0.05, 0) is 32.6 Å². The Kier molecular flexibility index (Phi) is 1.39. The van der Waals surface area contributed by atoms with E-state index in [4.69, 9.17) is 4.74 Å². The second-order valence-corrected chi connectivity index (χ2v) is 4.89. The number of rotatable bonds is 1. The fourth-order valence-corrected chi connectivity index (χ4v) is 2.97. The Hall–Kier alpha value is 0.690. The number of hydrogen-bond acceptors (Lipinski definition) is 1. The van der Waals surface area contributed by atoms with Gasteiger partial charge in [-0.15, -0.1) is 0 Å². The third-order valence-corrected chi connectivity index (χ3v) is 4.33. The lowest BCUT2D eigenvalue weighted by molar-refractivity contribution is -0.0374. The van der Waals surface area contributed by atoms with Crippen LogP contribution in [0, 0.1) is 5.92 Å². The Balaban J connectivity index is 2.16. The van der Waals surface area contributed by atoms with Crippen molar-refractivity contribution in [2.45, 2.75) is 37.9 Å². The summed E-state index contributed by atoms with van der Waals surface area (Å²) >= 11 is 2.44. The minimum absolute atomic E-state index is 0.186. The van der Waals surface area contributed by atoms with Crippen LogP contribution in [-0.2, 0) is 4.74 Å². The quantitative estimate of drug-likeness (QED) is 0.514. The molecule has 0 amide bonds. The van der Waals surface area contributed by atoms with Crippen molar-refractivity contribution in [3.05, 3.63) is 0 Å². The average Bonchev–Trinajstić information content (AvgIpc) is 2.12. The lowest BCUT2D eigenvalue weighted by Crippen LogP contribution is -2.38. The van der Waals surface area contributed by atoms with Crippen LogP contribution >= 0.6 is 22.6 Å². The van der Waals surface area contributed by atoms with Gasteiger partial charge in [0.1, 0.15) is 0 Å². The van der Waals surface area contributed by atoms with Crippen molar-refractivity contribution in [1.82, 2.24) is 0 Å². The van der Waals surface area contributed by atoms with Crippen molar-refractivity contribution in [2.75, 3.05) is 4.43 Å². The fraction of sp³-hybridized carbons (Fsp3) is 1.00. The summed E-state index contributed by atoms with van der Waals surface area (Å²) in [6, 6.07) is 0. The molecule has 0 aromatic rings. The van der Waals surface area contributed by atoms with E-state index in [1.54, 1.807) is 0 Å². The molecule has 2 heteroatoms. The molecule has 10 heavy (non-hydrogen) atoms. The molecule has 0 atom stereocenters. The number of fused-ring (bicyclic) bond motifs is 1. The molecule has 2 aliphatic heterocycles. The van der Waals surface area contributed by atoms with Crippen molar-refractivity contribution in [3.8, 4) is 0 Å². The molecule has 2 heterocycles. The number of ether oxygens (including phenoxy) is 1. The highest BCUT2D eigenvalue weighted by Crippen LogP contribution is 2.58. The molecule has 2 saturated heterocycles. The van der Waals surface area contributed by atoms with Crippen LogP contribution in [-0.4, -0.2) is 15.6 Å². The Bertz CT molecular complexity index is 159. The molecule has 2 bridgehead atoms. The summed E-state index contributed by atoms with van der Waals surface area (Å²) in [7, 11) is 0. The number of hydrogen-bond donors (Lipinski definition) is 0. The van der Waals surface area contributed by atoms with Gasteiger partial charge in [0, 0.05) is 4.43 Å². The number of halogens is 1. The summed E-state index contributed by atoms with van der Waals surface area (Å²) in [4.78, 5) is 0. The summed E-state index contributed by atoms with van der Waals surface area (Å²) in [5.74, 6) is 0.849. The molecule has 58 valence electrons. The topological polar surface area (TPSA) is 9.23 Å². The first kappa shape index (κ1) is 7.35. The van der Waals surface area contributed by atoms with Crippen LogP contribution in [0.15, 0.2) is 0 Å². The van der Waals surface area contributed by atoms with Gasteiger partial charge in [0.25, 0.3) is 0 Å². The molecule has 0 unspecified atom stereocenters. The van der Waals surface area contributed by atoms with Gasteiger partial charge in [0.2, 0.25) is 0 Å². The monoisotopic (exact) mass is 252 g/mol. The molecule has 1 nitrogen and oxygen atoms in total. The summed E-state index contributed by atoms with van der Waals surface area (Å²) in [5, 5.41) is 0. The van der Waals surface area contributed by atoms with Gasteiger partial charge in [-0.25, -0.2) is 0 Å². The maximum Gasteiger partial charge on any atom is 0.0786 e. The summed E-state index contributed by atoms with van der Waals surface area (Å²) in [6.45, 7) is 4.44. The van der Waals surface area contributed by atoms with Crippen LogP contribution in [0.1, 0.15) is 26.7 Å². The van der Waals surface area contributed by atoms with Crippen molar-refractivity contribution in [3.63, 3.8) is 0 Å². The molecule has 0 aromatic heterocycles. The van der Waals surface area contributed by atoms with Gasteiger partial charge >= 0.3 is 0 Å².